The third kappa shape index (κ3) is 4.06. The number of hydrogen-bond donors (Lipinski definition) is 0. The molecule has 1 aromatic heterocycles. The fourth-order valence-electron chi connectivity index (χ4n) is 4.82. The van der Waals surface area contributed by atoms with Crippen LogP contribution < -0.4 is 9.47 Å². The highest BCUT2D eigenvalue weighted by molar-refractivity contribution is 8.03. The Balaban J connectivity index is 1.51. The Hall–Kier alpha value is -2.30. The molecular weight excluding hydrogens is 428 g/mol. The minimum absolute atomic E-state index is 0.254. The molecule has 2 aliphatic rings. The van der Waals surface area contributed by atoms with Crippen molar-refractivity contribution >= 4 is 45.1 Å². The van der Waals surface area contributed by atoms with Crippen molar-refractivity contribution in [2.75, 3.05) is 11.9 Å². The van der Waals surface area contributed by atoms with Gasteiger partial charge in [-0.25, -0.2) is 0 Å². The second-order valence-electron chi connectivity index (χ2n) is 10.0. The molecule has 0 spiro atoms. The Morgan fingerprint density at radius 2 is 1.75 bits per heavy atom. The first-order chi connectivity index (χ1) is 15.2. The molecule has 0 saturated carbocycles. The predicted molar refractivity (Wildman–Crippen MR) is 140 cm³/mol. The van der Waals surface area contributed by atoms with E-state index in [2.05, 4.69) is 106 Å². The molecule has 2 heterocycles. The fraction of sp³-hybridized carbons (Fsp3) is 0.321. The molecule has 1 aliphatic carbocycles. The van der Waals surface area contributed by atoms with Crippen LogP contribution in [0.4, 0.5) is 5.69 Å². The van der Waals surface area contributed by atoms with E-state index in [-0.39, 0.29) is 5.41 Å². The molecule has 4 heteroatoms. The summed E-state index contributed by atoms with van der Waals surface area (Å²) in [6.45, 7) is 9.12. The van der Waals surface area contributed by atoms with E-state index in [4.69, 9.17) is 0 Å². The maximum Gasteiger partial charge on any atom is 0.262 e. The Morgan fingerprint density at radius 3 is 2.56 bits per heavy atom. The predicted octanol–water partition coefficient (Wildman–Crippen LogP) is 7.56. The van der Waals surface area contributed by atoms with Crippen LogP contribution in [0.15, 0.2) is 69.6 Å². The number of nitrogens with zero attached hydrogens (tertiary/aromatic N) is 2. The van der Waals surface area contributed by atoms with E-state index >= 15 is 0 Å². The summed E-state index contributed by atoms with van der Waals surface area (Å²) in [6.07, 6.45) is 9.45. The molecule has 2 aromatic carbocycles. The summed E-state index contributed by atoms with van der Waals surface area (Å²) in [5.41, 5.74) is 8.36. The van der Waals surface area contributed by atoms with Crippen molar-refractivity contribution in [1.29, 1.82) is 0 Å². The van der Waals surface area contributed by atoms with Gasteiger partial charge in [0.1, 0.15) is 11.7 Å². The first-order valence-corrected chi connectivity index (χ1v) is 12.9. The van der Waals surface area contributed by atoms with Crippen molar-refractivity contribution in [3.8, 4) is 0 Å². The molecule has 5 rings (SSSR count). The summed E-state index contributed by atoms with van der Waals surface area (Å²) < 4.78 is 3.69. The minimum atomic E-state index is 0.254. The number of thioether (sulfide) groups is 1. The zero-order valence-electron chi connectivity index (χ0n) is 19.8. The highest BCUT2D eigenvalue weighted by Gasteiger charge is 2.28. The summed E-state index contributed by atoms with van der Waals surface area (Å²) in [4.78, 5) is 3.69. The largest absolute Gasteiger partial charge is 0.338 e. The zero-order chi connectivity index (χ0) is 22.6. The van der Waals surface area contributed by atoms with Crippen LogP contribution in [-0.4, -0.2) is 7.05 Å². The molecule has 164 valence electrons. The van der Waals surface area contributed by atoms with Crippen molar-refractivity contribution < 1.29 is 4.57 Å². The Morgan fingerprint density at radius 1 is 1.00 bits per heavy atom. The average Bonchev–Trinajstić information content (AvgIpc) is 3.16. The highest BCUT2D eigenvalue weighted by Crippen LogP contribution is 2.47. The lowest BCUT2D eigenvalue weighted by atomic mass is 9.75. The van der Waals surface area contributed by atoms with Gasteiger partial charge in [-0.15, -0.1) is 0 Å². The van der Waals surface area contributed by atoms with E-state index in [0.717, 1.165) is 12.8 Å². The van der Waals surface area contributed by atoms with Crippen molar-refractivity contribution in [1.82, 2.24) is 0 Å². The molecule has 0 amide bonds. The molecule has 0 fully saturated rings. The molecule has 32 heavy (non-hydrogen) atoms. The number of aryl methyl sites for hydroxylation is 3. The molecule has 0 radical (unpaired) electrons. The zero-order valence-corrected chi connectivity index (χ0v) is 21.5. The molecule has 3 aromatic rings. The van der Waals surface area contributed by atoms with Crippen LogP contribution in [0, 0.1) is 19.3 Å². The third-order valence-corrected chi connectivity index (χ3v) is 8.69. The van der Waals surface area contributed by atoms with Crippen LogP contribution in [0.25, 0.3) is 16.3 Å². The molecule has 0 atom stereocenters. The van der Waals surface area contributed by atoms with Gasteiger partial charge in [-0.2, -0.15) is 4.57 Å². The van der Waals surface area contributed by atoms with Gasteiger partial charge < -0.3 is 4.90 Å². The lowest BCUT2D eigenvalue weighted by Crippen LogP contribution is -2.29. The van der Waals surface area contributed by atoms with E-state index in [0.29, 0.717) is 0 Å². The van der Waals surface area contributed by atoms with Crippen molar-refractivity contribution in [3.05, 3.63) is 80.9 Å². The second-order valence-corrected chi connectivity index (χ2v) is 12.2. The van der Waals surface area contributed by atoms with E-state index in [9.17, 15) is 0 Å². The summed E-state index contributed by atoms with van der Waals surface area (Å²) in [5, 5.41) is 2.63. The number of fused-ring (bicyclic) bond motifs is 2. The summed E-state index contributed by atoms with van der Waals surface area (Å²) >= 11 is 3.78. The van der Waals surface area contributed by atoms with Crippen LogP contribution in [-0.2, 0) is 7.05 Å². The quantitative estimate of drug-likeness (QED) is 0.365. The number of rotatable bonds is 2. The van der Waals surface area contributed by atoms with Gasteiger partial charge in [0.05, 0.1) is 10.7 Å². The molecular formula is C28H31N2S2+. The van der Waals surface area contributed by atoms with Gasteiger partial charge in [-0.1, -0.05) is 55.2 Å². The maximum absolute atomic E-state index is 2.43. The number of allylic oxidation sites excluding steroid dienone is 4. The number of benzene rings is 2. The van der Waals surface area contributed by atoms with Gasteiger partial charge in [0, 0.05) is 24.1 Å². The molecule has 2 nitrogen and oxygen atoms in total. The van der Waals surface area contributed by atoms with E-state index in [1.54, 1.807) is 0 Å². The fourth-order valence-corrected chi connectivity index (χ4v) is 7.27. The Bertz CT molecular complexity index is 1320. The molecule has 0 N–H and O–H groups in total. The topological polar surface area (TPSA) is 7.12 Å². The molecule has 0 bridgehead atoms. The highest BCUT2D eigenvalue weighted by atomic mass is 32.2. The van der Waals surface area contributed by atoms with Gasteiger partial charge in [-0.3, -0.25) is 0 Å². The van der Waals surface area contributed by atoms with Crippen LogP contribution in [0.1, 0.15) is 42.8 Å². The molecule has 1 aliphatic heterocycles. The maximum atomic E-state index is 2.43. The number of aromatic nitrogens is 1. The van der Waals surface area contributed by atoms with Crippen LogP contribution >= 0.6 is 23.1 Å². The normalized spacial score (nSPS) is 20.3. The second kappa shape index (κ2) is 7.93. The van der Waals surface area contributed by atoms with Crippen LogP contribution in [0.2, 0.25) is 0 Å². The third-order valence-electron chi connectivity index (χ3n) is 6.40. The first kappa shape index (κ1) is 21.5. The summed E-state index contributed by atoms with van der Waals surface area (Å²) in [7, 11) is 4.37. The summed E-state index contributed by atoms with van der Waals surface area (Å²) in [6, 6.07) is 13.5. The first-order valence-electron chi connectivity index (χ1n) is 11.2. The number of thiazole rings is 1. The standard InChI is InChI=1S/C28H31N2S2/c1-18-7-9-22-24(11-18)31-26(29(22)5)14-20-13-21(17-28(3,4)16-20)15-27-30(6)23-10-8-19(2)12-25(23)32-27/h7-15H,16-17H2,1-6H3/q+1. The van der Waals surface area contributed by atoms with Gasteiger partial charge in [0.15, 0.2) is 0 Å². The smallest absolute Gasteiger partial charge is 0.262 e. The van der Waals surface area contributed by atoms with E-state index in [1.165, 1.54) is 53.1 Å². The minimum Gasteiger partial charge on any atom is -0.338 e. The van der Waals surface area contributed by atoms with Gasteiger partial charge in [-0.05, 0) is 78.7 Å². The lowest BCUT2D eigenvalue weighted by Gasteiger charge is -2.30. The summed E-state index contributed by atoms with van der Waals surface area (Å²) in [5.74, 6) is 0. The van der Waals surface area contributed by atoms with E-state index < -0.39 is 0 Å². The van der Waals surface area contributed by atoms with Crippen molar-refractivity contribution in [2.24, 2.45) is 12.5 Å². The van der Waals surface area contributed by atoms with Gasteiger partial charge in [0.25, 0.3) is 5.01 Å². The Kier molecular flexibility index (Phi) is 5.34. The van der Waals surface area contributed by atoms with Crippen LogP contribution in [0.3, 0.4) is 0 Å². The van der Waals surface area contributed by atoms with Crippen molar-refractivity contribution in [3.63, 3.8) is 0 Å². The van der Waals surface area contributed by atoms with Crippen LogP contribution in [0.5, 0.6) is 0 Å². The lowest BCUT2D eigenvalue weighted by molar-refractivity contribution is -0.642. The monoisotopic (exact) mass is 459 g/mol. The Labute approximate surface area is 200 Å². The molecule has 0 saturated heterocycles. The van der Waals surface area contributed by atoms with E-state index in [1.807, 2.05) is 23.1 Å². The van der Waals surface area contributed by atoms with Gasteiger partial charge in [0.2, 0.25) is 5.52 Å². The average molecular weight is 460 g/mol. The SMILES string of the molecule is Cc1ccc2c(c1)SC(=CC1=CC(=Cc3sc4cc(C)ccc4[n+]3C)CC(C)(C)C1)N2C. The van der Waals surface area contributed by atoms with Gasteiger partial charge >= 0.3 is 0 Å². The van der Waals surface area contributed by atoms with Crippen molar-refractivity contribution in [2.45, 2.75) is 45.4 Å². The molecule has 0 unspecified atom stereocenters. The number of anilines is 1. The number of hydrogen-bond acceptors (Lipinski definition) is 3.